The van der Waals surface area contributed by atoms with Gasteiger partial charge in [0.15, 0.2) is 0 Å². The molecule has 0 saturated heterocycles. The van der Waals surface area contributed by atoms with Crippen LogP contribution in [0, 0.1) is 0 Å². The van der Waals surface area contributed by atoms with E-state index < -0.39 is 8.25 Å². The van der Waals surface area contributed by atoms with Crippen molar-refractivity contribution in [1.29, 1.82) is 0 Å². The molecular weight excluding hydrogens is 511 g/mol. The van der Waals surface area contributed by atoms with E-state index in [1.807, 2.05) is 0 Å². The molecule has 0 aliphatic rings. The Morgan fingerprint density at radius 2 is 0.625 bits per heavy atom. The molecule has 0 aliphatic carbocycles. The Morgan fingerprint density at radius 3 is 0.925 bits per heavy atom. The molecule has 0 amide bonds. The van der Waals surface area contributed by atoms with Crippen molar-refractivity contribution < 1.29 is 13.6 Å². The van der Waals surface area contributed by atoms with Crippen LogP contribution >= 0.6 is 8.25 Å². The molecule has 236 valence electrons. The fourth-order valence-corrected chi connectivity index (χ4v) is 5.65. The molecular formula is C36H70O3P+. The minimum atomic E-state index is -1.93. The van der Waals surface area contributed by atoms with Gasteiger partial charge in [-0.15, -0.1) is 9.05 Å². The number of unbranched alkanes of at least 4 members (excludes halogenated alkanes) is 24. The van der Waals surface area contributed by atoms with E-state index in [1.54, 1.807) is 0 Å². The van der Waals surface area contributed by atoms with Crippen LogP contribution in [0.2, 0.25) is 0 Å². The molecule has 3 nitrogen and oxygen atoms in total. The van der Waals surface area contributed by atoms with E-state index in [0.29, 0.717) is 13.2 Å². The fraction of sp³-hybridized carbons (Fsp3) is 0.889. The van der Waals surface area contributed by atoms with Gasteiger partial charge >= 0.3 is 8.25 Å². The lowest BCUT2D eigenvalue weighted by Gasteiger charge is -2.00. The van der Waals surface area contributed by atoms with Crippen LogP contribution in [0.1, 0.15) is 194 Å². The number of allylic oxidation sites excluding steroid dienone is 4. The first kappa shape index (κ1) is 39.5. The van der Waals surface area contributed by atoms with Gasteiger partial charge in [0, 0.05) is 4.57 Å². The van der Waals surface area contributed by atoms with Crippen molar-refractivity contribution in [1.82, 2.24) is 0 Å². The summed E-state index contributed by atoms with van der Waals surface area (Å²) in [6.45, 7) is 5.67. The molecule has 0 aromatic heterocycles. The topological polar surface area (TPSA) is 35.5 Å². The number of hydrogen-bond acceptors (Lipinski definition) is 3. The molecule has 40 heavy (non-hydrogen) atoms. The summed E-state index contributed by atoms with van der Waals surface area (Å²) in [6.07, 6.45) is 45.8. The monoisotopic (exact) mass is 582 g/mol. The Hall–Kier alpha value is -0.500. The smallest absolute Gasteiger partial charge is 0.119 e. The van der Waals surface area contributed by atoms with Gasteiger partial charge in [-0.1, -0.05) is 154 Å². The van der Waals surface area contributed by atoms with E-state index in [4.69, 9.17) is 9.05 Å². The number of hydrogen-bond donors (Lipinski definition) is 0. The maximum atomic E-state index is 11.9. The van der Waals surface area contributed by atoms with Crippen molar-refractivity contribution in [3.8, 4) is 0 Å². The van der Waals surface area contributed by atoms with Gasteiger partial charge in [-0.25, -0.2) is 0 Å². The average Bonchev–Trinajstić information content (AvgIpc) is 2.96. The van der Waals surface area contributed by atoms with Gasteiger partial charge in [0.1, 0.15) is 13.2 Å². The Kier molecular flexibility index (Phi) is 36.1. The van der Waals surface area contributed by atoms with E-state index in [0.717, 1.165) is 25.7 Å². The zero-order chi connectivity index (χ0) is 29.0. The highest BCUT2D eigenvalue weighted by molar-refractivity contribution is 7.33. The van der Waals surface area contributed by atoms with Gasteiger partial charge in [0.2, 0.25) is 0 Å². The third kappa shape index (κ3) is 35.5. The third-order valence-electron chi connectivity index (χ3n) is 7.71. The summed E-state index contributed by atoms with van der Waals surface area (Å²) in [5, 5.41) is 0. The highest BCUT2D eigenvalue weighted by atomic mass is 31.1. The zero-order valence-corrected chi connectivity index (χ0v) is 28.1. The second-order valence-electron chi connectivity index (χ2n) is 11.8. The molecule has 0 radical (unpaired) electrons. The standard InChI is InChI=1S/C36H70O3P/c1-3-5-7-9-11-13-15-17-19-21-23-25-27-29-31-33-35-38-40(37)39-36-34-32-30-28-26-24-22-20-18-16-14-12-10-8-6-4-2/h17-20H,3-16,21-36H2,1-2H3/q+1/b19-17+,20-18+. The van der Waals surface area contributed by atoms with Crippen molar-refractivity contribution in [2.75, 3.05) is 13.2 Å². The predicted molar refractivity (Wildman–Crippen MR) is 178 cm³/mol. The van der Waals surface area contributed by atoms with Crippen molar-refractivity contribution in [2.45, 2.75) is 194 Å². The van der Waals surface area contributed by atoms with E-state index in [1.165, 1.54) is 154 Å². The molecule has 0 rings (SSSR count). The van der Waals surface area contributed by atoms with Crippen LogP contribution in [0.5, 0.6) is 0 Å². The predicted octanol–water partition coefficient (Wildman–Crippen LogP) is 13.8. The SMILES string of the molecule is CCCCCCCC/C=C/CCCCCCCCO[P+](=O)OCCCCCCCC/C=C/CCCCCCCC. The van der Waals surface area contributed by atoms with Crippen LogP contribution < -0.4 is 0 Å². The molecule has 0 spiro atoms. The molecule has 0 fully saturated rings. The first-order chi connectivity index (χ1) is 19.8. The van der Waals surface area contributed by atoms with Crippen LogP contribution in [-0.4, -0.2) is 13.2 Å². The molecule has 0 heterocycles. The lowest BCUT2D eigenvalue weighted by atomic mass is 10.1. The maximum Gasteiger partial charge on any atom is 0.697 e. The van der Waals surface area contributed by atoms with Crippen molar-refractivity contribution in [3.05, 3.63) is 24.3 Å². The molecule has 4 heteroatoms. The first-order valence-electron chi connectivity index (χ1n) is 17.8. The quantitative estimate of drug-likeness (QED) is 0.0431. The minimum Gasteiger partial charge on any atom is -0.119 e. The minimum absolute atomic E-state index is 0.559. The Labute approximate surface area is 252 Å². The summed E-state index contributed by atoms with van der Waals surface area (Å²) in [6, 6.07) is 0. The van der Waals surface area contributed by atoms with Gasteiger partial charge in [0.25, 0.3) is 0 Å². The molecule has 0 atom stereocenters. The highest BCUT2D eigenvalue weighted by Crippen LogP contribution is 2.25. The second kappa shape index (κ2) is 36.5. The van der Waals surface area contributed by atoms with Crippen LogP contribution in [0.3, 0.4) is 0 Å². The summed E-state index contributed by atoms with van der Waals surface area (Å²) in [7, 11) is -1.93. The van der Waals surface area contributed by atoms with Crippen LogP contribution in [0.4, 0.5) is 0 Å². The van der Waals surface area contributed by atoms with Crippen LogP contribution in [0.25, 0.3) is 0 Å². The second-order valence-corrected chi connectivity index (χ2v) is 12.7. The van der Waals surface area contributed by atoms with Gasteiger partial charge in [-0.05, 0) is 64.2 Å². The fourth-order valence-electron chi connectivity index (χ4n) is 5.01. The average molecular weight is 582 g/mol. The largest absolute Gasteiger partial charge is 0.697 e. The van der Waals surface area contributed by atoms with E-state index >= 15 is 0 Å². The first-order valence-corrected chi connectivity index (χ1v) is 18.9. The normalized spacial score (nSPS) is 11.8. The van der Waals surface area contributed by atoms with Crippen molar-refractivity contribution in [2.24, 2.45) is 0 Å². The Bertz CT molecular complexity index is 500. The molecule has 0 unspecified atom stereocenters. The summed E-state index contributed by atoms with van der Waals surface area (Å²) in [5.41, 5.74) is 0. The Balaban J connectivity index is 3.22. The molecule has 0 aliphatic heterocycles. The lowest BCUT2D eigenvalue weighted by Crippen LogP contribution is -1.92. The van der Waals surface area contributed by atoms with Crippen LogP contribution in [-0.2, 0) is 13.6 Å². The zero-order valence-electron chi connectivity index (χ0n) is 27.2. The molecule has 0 N–H and O–H groups in total. The van der Waals surface area contributed by atoms with E-state index in [2.05, 4.69) is 38.2 Å². The van der Waals surface area contributed by atoms with E-state index in [9.17, 15) is 4.57 Å². The summed E-state index contributed by atoms with van der Waals surface area (Å²) < 4.78 is 22.6. The third-order valence-corrected chi connectivity index (χ3v) is 8.49. The van der Waals surface area contributed by atoms with Gasteiger partial charge in [0.05, 0.1) is 0 Å². The Morgan fingerprint density at radius 1 is 0.375 bits per heavy atom. The van der Waals surface area contributed by atoms with E-state index in [-0.39, 0.29) is 0 Å². The molecule has 0 aromatic rings. The van der Waals surface area contributed by atoms with Crippen molar-refractivity contribution in [3.63, 3.8) is 0 Å². The maximum absolute atomic E-state index is 11.9. The molecule has 0 bridgehead atoms. The summed E-state index contributed by atoms with van der Waals surface area (Å²) >= 11 is 0. The van der Waals surface area contributed by atoms with Gasteiger partial charge in [-0.3, -0.25) is 0 Å². The van der Waals surface area contributed by atoms with Gasteiger partial charge in [-0.2, -0.15) is 0 Å². The van der Waals surface area contributed by atoms with Crippen molar-refractivity contribution >= 4 is 8.25 Å². The number of rotatable bonds is 34. The lowest BCUT2D eigenvalue weighted by molar-refractivity contribution is 0.218. The highest BCUT2D eigenvalue weighted by Gasteiger charge is 2.18. The summed E-state index contributed by atoms with van der Waals surface area (Å²) in [4.78, 5) is 0. The van der Waals surface area contributed by atoms with Crippen LogP contribution in [0.15, 0.2) is 24.3 Å². The molecule has 0 saturated carbocycles. The van der Waals surface area contributed by atoms with Gasteiger partial charge < -0.3 is 0 Å². The molecule has 0 aromatic carbocycles. The summed E-state index contributed by atoms with van der Waals surface area (Å²) in [5.74, 6) is 0.